The van der Waals surface area contributed by atoms with Crippen LogP contribution in [0.4, 0.5) is 10.5 Å². The number of sulfone groups is 1. The summed E-state index contributed by atoms with van der Waals surface area (Å²) in [4.78, 5) is 16.5. The van der Waals surface area contributed by atoms with E-state index < -0.39 is 14.6 Å². The van der Waals surface area contributed by atoms with Crippen LogP contribution in [0.2, 0.25) is 0 Å². The van der Waals surface area contributed by atoms with Crippen molar-refractivity contribution in [2.45, 2.75) is 30.6 Å². The number of methoxy groups -OCH3 is 2. The van der Waals surface area contributed by atoms with Gasteiger partial charge in [0, 0.05) is 43.6 Å². The van der Waals surface area contributed by atoms with E-state index in [9.17, 15) is 13.2 Å². The molecule has 1 unspecified atom stereocenters. The summed E-state index contributed by atoms with van der Waals surface area (Å²) in [5.41, 5.74) is 4.91. The molecule has 0 radical (unpaired) electrons. The third-order valence-electron chi connectivity index (χ3n) is 7.59. The average molecular weight is 498 g/mol. The van der Waals surface area contributed by atoms with E-state index in [2.05, 4.69) is 10.2 Å². The van der Waals surface area contributed by atoms with Gasteiger partial charge in [0.15, 0.2) is 21.3 Å². The molecule has 2 amide bonds. The number of anilines is 1. The molecule has 1 N–H and O–H groups in total. The molecule has 2 aromatic rings. The molecule has 3 heterocycles. The molecule has 186 valence electrons. The molecular formula is C26H31N3O5S. The van der Waals surface area contributed by atoms with Crippen molar-refractivity contribution in [3.8, 4) is 11.5 Å². The summed E-state index contributed by atoms with van der Waals surface area (Å²) in [6.45, 7) is 3.13. The van der Waals surface area contributed by atoms with E-state index in [1.807, 2.05) is 49.5 Å². The summed E-state index contributed by atoms with van der Waals surface area (Å²) in [7, 11) is 1.92. The molecule has 0 bridgehead atoms. The molecule has 2 saturated heterocycles. The van der Waals surface area contributed by atoms with Crippen LogP contribution in [0.15, 0.2) is 42.6 Å². The number of fused-ring (bicyclic) bond motifs is 1. The number of nitrogens with zero attached hydrogens (tertiary/aromatic N) is 2. The Morgan fingerprint density at radius 3 is 2.29 bits per heavy atom. The second-order valence-corrected chi connectivity index (χ2v) is 12.1. The van der Waals surface area contributed by atoms with Gasteiger partial charge in [-0.3, -0.25) is 4.90 Å². The van der Waals surface area contributed by atoms with Crippen molar-refractivity contribution in [3.05, 3.63) is 59.3 Å². The quantitative estimate of drug-likeness (QED) is 0.699. The van der Waals surface area contributed by atoms with Crippen molar-refractivity contribution in [1.29, 1.82) is 0 Å². The third-order valence-corrected chi connectivity index (χ3v) is 10.1. The fourth-order valence-corrected chi connectivity index (χ4v) is 7.13. The molecule has 5 rings (SSSR count). The summed E-state index contributed by atoms with van der Waals surface area (Å²) in [5.74, 6) is 1.59. The van der Waals surface area contributed by atoms with Crippen LogP contribution in [0.5, 0.6) is 11.5 Å². The van der Waals surface area contributed by atoms with Crippen LogP contribution >= 0.6 is 0 Å². The van der Waals surface area contributed by atoms with Crippen LogP contribution in [-0.4, -0.2) is 70.2 Å². The largest absolute Gasteiger partial charge is 0.493 e. The zero-order valence-electron chi connectivity index (χ0n) is 20.5. The number of hydrogen-bond donors (Lipinski definition) is 1. The van der Waals surface area contributed by atoms with E-state index in [1.54, 1.807) is 26.2 Å². The van der Waals surface area contributed by atoms with E-state index >= 15 is 0 Å². The minimum absolute atomic E-state index is 0.0646. The van der Waals surface area contributed by atoms with E-state index in [0.29, 0.717) is 36.8 Å². The van der Waals surface area contributed by atoms with Crippen LogP contribution in [0.1, 0.15) is 30.0 Å². The standard InChI is InChI=1S/C26H31N3O5S/c1-17-11-19-12-23(33-3)24(34-4)13-21(19)22(14-29(17)25(30)27-2)18-5-7-20(8-6-18)28-15-26(16-28)9-10-35(26,31)32/h5-8,12-14,17H,9-11,15-16H2,1-4H3,(H,27,30). The second kappa shape index (κ2) is 8.48. The lowest BCUT2D eigenvalue weighted by Crippen LogP contribution is -2.72. The zero-order chi connectivity index (χ0) is 25.0. The maximum Gasteiger partial charge on any atom is 0.321 e. The van der Waals surface area contributed by atoms with Gasteiger partial charge >= 0.3 is 6.03 Å². The molecule has 35 heavy (non-hydrogen) atoms. The SMILES string of the molecule is CNC(=O)N1C=C(c2ccc(N3CC4(CCS4(=O)=O)C3)cc2)c2cc(OC)c(OC)cc2CC1C. The highest BCUT2D eigenvalue weighted by atomic mass is 32.2. The lowest BCUT2D eigenvalue weighted by atomic mass is 9.91. The molecule has 9 heteroatoms. The molecular weight excluding hydrogens is 466 g/mol. The Morgan fingerprint density at radius 1 is 1.09 bits per heavy atom. The van der Waals surface area contributed by atoms with E-state index in [-0.39, 0.29) is 12.1 Å². The average Bonchev–Trinajstić information content (AvgIpc) is 2.97. The topological polar surface area (TPSA) is 88.2 Å². The van der Waals surface area contributed by atoms with Crippen LogP contribution < -0.4 is 19.7 Å². The van der Waals surface area contributed by atoms with Crippen LogP contribution in [0, 0.1) is 0 Å². The van der Waals surface area contributed by atoms with Gasteiger partial charge in [-0.2, -0.15) is 0 Å². The van der Waals surface area contributed by atoms with Crippen molar-refractivity contribution < 1.29 is 22.7 Å². The Hall–Kier alpha value is -3.20. The molecule has 3 aliphatic heterocycles. The lowest BCUT2D eigenvalue weighted by Gasteiger charge is -2.55. The summed E-state index contributed by atoms with van der Waals surface area (Å²) in [5, 5.41) is 2.74. The molecule has 1 atom stereocenters. The number of rotatable bonds is 4. The number of carbonyl (C=O) groups is 1. The van der Waals surface area contributed by atoms with Gasteiger partial charge in [-0.05, 0) is 60.7 Å². The van der Waals surface area contributed by atoms with Crippen LogP contribution in [-0.2, 0) is 16.3 Å². The Morgan fingerprint density at radius 2 is 1.74 bits per heavy atom. The Labute approximate surface area is 206 Å². The summed E-state index contributed by atoms with van der Waals surface area (Å²) >= 11 is 0. The predicted octanol–water partition coefficient (Wildman–Crippen LogP) is 3.06. The molecule has 0 aromatic heterocycles. The lowest BCUT2D eigenvalue weighted by molar-refractivity contribution is 0.205. The van der Waals surface area contributed by atoms with E-state index in [0.717, 1.165) is 34.4 Å². The molecule has 3 aliphatic rings. The number of nitrogens with one attached hydrogen (secondary N) is 1. The van der Waals surface area contributed by atoms with Crippen molar-refractivity contribution in [3.63, 3.8) is 0 Å². The minimum atomic E-state index is -2.94. The summed E-state index contributed by atoms with van der Waals surface area (Å²) in [6.07, 6.45) is 3.31. The van der Waals surface area contributed by atoms with Crippen LogP contribution in [0.25, 0.3) is 5.57 Å². The fourth-order valence-electron chi connectivity index (χ4n) is 5.31. The highest BCUT2D eigenvalue weighted by molar-refractivity contribution is 7.94. The number of carbonyl (C=O) groups excluding carboxylic acids is 1. The number of urea groups is 1. The van der Waals surface area contributed by atoms with Crippen molar-refractivity contribution in [2.24, 2.45) is 0 Å². The Kier molecular flexibility index (Phi) is 5.70. The number of hydrogen-bond acceptors (Lipinski definition) is 6. The van der Waals surface area contributed by atoms with Crippen molar-refractivity contribution >= 4 is 27.1 Å². The minimum Gasteiger partial charge on any atom is -0.493 e. The molecule has 1 spiro atoms. The van der Waals surface area contributed by atoms with Gasteiger partial charge in [0.25, 0.3) is 0 Å². The first-order valence-corrected chi connectivity index (χ1v) is 13.4. The normalized spacial score (nSPS) is 21.7. The molecule has 0 saturated carbocycles. The van der Waals surface area contributed by atoms with Gasteiger partial charge in [0.1, 0.15) is 4.75 Å². The first-order chi connectivity index (χ1) is 16.7. The highest BCUT2D eigenvalue weighted by Gasteiger charge is 2.59. The van der Waals surface area contributed by atoms with Gasteiger partial charge in [-0.15, -0.1) is 0 Å². The van der Waals surface area contributed by atoms with E-state index in [4.69, 9.17) is 9.47 Å². The highest BCUT2D eigenvalue weighted by Crippen LogP contribution is 2.44. The van der Waals surface area contributed by atoms with E-state index in [1.165, 1.54) is 0 Å². The predicted molar refractivity (Wildman–Crippen MR) is 136 cm³/mol. The number of ether oxygens (including phenoxy) is 2. The molecule has 0 aliphatic carbocycles. The molecule has 2 fully saturated rings. The number of amides is 2. The smallest absolute Gasteiger partial charge is 0.321 e. The second-order valence-electron chi connectivity index (χ2n) is 9.58. The Bertz CT molecular complexity index is 1300. The summed E-state index contributed by atoms with van der Waals surface area (Å²) < 4.78 is 34.9. The monoisotopic (exact) mass is 497 g/mol. The van der Waals surface area contributed by atoms with Gasteiger partial charge in [0.05, 0.1) is 20.0 Å². The van der Waals surface area contributed by atoms with Gasteiger partial charge in [-0.25, -0.2) is 13.2 Å². The third kappa shape index (κ3) is 3.73. The Balaban J connectivity index is 1.52. The van der Waals surface area contributed by atoms with Gasteiger partial charge in [0.2, 0.25) is 0 Å². The van der Waals surface area contributed by atoms with Crippen molar-refractivity contribution in [1.82, 2.24) is 10.2 Å². The fraction of sp³-hybridized carbons (Fsp3) is 0.423. The summed E-state index contributed by atoms with van der Waals surface area (Å²) in [6, 6.07) is 11.8. The first-order valence-electron chi connectivity index (χ1n) is 11.8. The van der Waals surface area contributed by atoms with Crippen LogP contribution in [0.3, 0.4) is 0 Å². The van der Waals surface area contributed by atoms with Gasteiger partial charge < -0.3 is 19.7 Å². The van der Waals surface area contributed by atoms with Crippen molar-refractivity contribution in [2.75, 3.05) is 45.0 Å². The first kappa shape index (κ1) is 23.5. The van der Waals surface area contributed by atoms with Gasteiger partial charge in [-0.1, -0.05) is 12.1 Å². The molecule has 8 nitrogen and oxygen atoms in total. The zero-order valence-corrected chi connectivity index (χ0v) is 21.3. The molecule has 2 aromatic carbocycles. The maximum atomic E-state index is 12.7. The number of benzene rings is 2. The maximum absolute atomic E-state index is 12.7.